The first kappa shape index (κ1) is 47.0. The Bertz CT molecular complexity index is 672. The topological polar surface area (TPSA) is 74.0 Å². The van der Waals surface area contributed by atoms with Crippen LogP contribution in [0.15, 0.2) is 12.2 Å². The lowest BCUT2D eigenvalue weighted by molar-refractivity contribution is -0.148. The van der Waals surface area contributed by atoms with Crippen molar-refractivity contribution in [3.63, 3.8) is 0 Å². The summed E-state index contributed by atoms with van der Waals surface area (Å²) in [5.74, 6) is -0.463. The second-order valence-electron chi connectivity index (χ2n) is 14.5. The quantitative estimate of drug-likeness (QED) is 0.0515. The molecule has 0 heterocycles. The van der Waals surface area contributed by atoms with Gasteiger partial charge in [0.25, 0.3) is 0 Å². The molecule has 0 rings (SSSR count). The maximum absolute atomic E-state index is 12.4. The molecule has 0 aromatic heterocycles. The van der Waals surface area contributed by atoms with E-state index < -0.39 is 18.1 Å². The monoisotopic (exact) mass is 681 g/mol. The molecule has 0 radical (unpaired) electrons. The number of allylic oxidation sites excluding steroid dienone is 2. The summed E-state index contributed by atoms with van der Waals surface area (Å²) in [6.45, 7) is 7.40. The third kappa shape index (κ3) is 34.9. The van der Waals surface area contributed by atoms with E-state index in [0.717, 1.165) is 25.8 Å². The maximum atomic E-state index is 12.4. The number of carbonyl (C=O) groups is 1. The van der Waals surface area contributed by atoms with E-state index in [9.17, 15) is 4.79 Å². The first-order valence-electron chi connectivity index (χ1n) is 20.9. The highest BCUT2D eigenvalue weighted by Gasteiger charge is 2.28. The molecule has 0 aromatic carbocycles. The van der Waals surface area contributed by atoms with Crippen LogP contribution in [0.5, 0.6) is 0 Å². The molecule has 48 heavy (non-hydrogen) atoms. The molecule has 6 heteroatoms. The predicted octanol–water partition coefficient (Wildman–Crippen LogP) is 11.3. The van der Waals surface area contributed by atoms with Crippen molar-refractivity contribution in [3.05, 3.63) is 12.2 Å². The van der Waals surface area contributed by atoms with Gasteiger partial charge in [0, 0.05) is 19.8 Å². The Balaban J connectivity index is 4.02. The molecular formula is C42H84N2O4. The first-order chi connectivity index (χ1) is 23.5. The number of amides is 1. The van der Waals surface area contributed by atoms with E-state index >= 15 is 0 Å². The van der Waals surface area contributed by atoms with Crippen molar-refractivity contribution in [2.75, 3.05) is 47.1 Å². The fraction of sp³-hybridized carbons (Fsp3) is 0.929. The van der Waals surface area contributed by atoms with Crippen LogP contribution in [0.3, 0.4) is 0 Å². The van der Waals surface area contributed by atoms with Crippen molar-refractivity contribution >= 4 is 5.91 Å². The molecule has 0 spiro atoms. The molecule has 0 aliphatic heterocycles. The van der Waals surface area contributed by atoms with Crippen LogP contribution >= 0.6 is 0 Å². The molecule has 0 bridgehead atoms. The molecule has 0 aromatic rings. The van der Waals surface area contributed by atoms with E-state index in [1.54, 1.807) is 0 Å². The highest BCUT2D eigenvalue weighted by molar-refractivity contribution is 5.79. The molecule has 0 fully saturated rings. The second kappa shape index (κ2) is 38.8. The van der Waals surface area contributed by atoms with Gasteiger partial charge in [0.15, 0.2) is 6.10 Å². The van der Waals surface area contributed by atoms with E-state index in [2.05, 4.69) is 30.9 Å². The SMILES string of the molecule is CCCCCCCC/C=C\CCCCCCCCOC(C(N)=O)C(COCCCCCCCCCCCCCCCC)OCCN(C)C. The molecule has 0 aliphatic carbocycles. The van der Waals surface area contributed by atoms with Crippen LogP contribution in [0.2, 0.25) is 0 Å². The molecule has 1 amide bonds. The van der Waals surface area contributed by atoms with Gasteiger partial charge in [-0.15, -0.1) is 0 Å². The van der Waals surface area contributed by atoms with Gasteiger partial charge in [0.1, 0.15) is 6.10 Å². The second-order valence-corrected chi connectivity index (χ2v) is 14.5. The Morgan fingerprint density at radius 3 is 1.35 bits per heavy atom. The summed E-state index contributed by atoms with van der Waals surface area (Å²) >= 11 is 0. The van der Waals surface area contributed by atoms with Crippen LogP contribution in [-0.2, 0) is 19.0 Å². The zero-order valence-electron chi connectivity index (χ0n) is 32.8. The van der Waals surface area contributed by atoms with Gasteiger partial charge in [-0.25, -0.2) is 0 Å². The number of primary amides is 1. The van der Waals surface area contributed by atoms with Gasteiger partial charge in [-0.05, 0) is 52.6 Å². The van der Waals surface area contributed by atoms with Gasteiger partial charge in [-0.1, -0.05) is 167 Å². The largest absolute Gasteiger partial charge is 0.379 e. The number of hydrogen-bond acceptors (Lipinski definition) is 5. The Kier molecular flexibility index (Phi) is 38.1. The van der Waals surface area contributed by atoms with E-state index in [4.69, 9.17) is 19.9 Å². The average Bonchev–Trinajstić information content (AvgIpc) is 3.06. The Morgan fingerprint density at radius 1 is 0.542 bits per heavy atom. The lowest BCUT2D eigenvalue weighted by atomic mass is 10.0. The molecule has 2 unspecified atom stereocenters. The van der Waals surface area contributed by atoms with Crippen LogP contribution < -0.4 is 5.73 Å². The molecule has 2 atom stereocenters. The number of ether oxygens (including phenoxy) is 3. The smallest absolute Gasteiger partial charge is 0.249 e. The van der Waals surface area contributed by atoms with Crippen molar-refractivity contribution in [2.45, 2.75) is 206 Å². The molecule has 2 N–H and O–H groups in total. The maximum Gasteiger partial charge on any atom is 0.249 e. The van der Waals surface area contributed by atoms with Crippen LogP contribution in [0.25, 0.3) is 0 Å². The minimum absolute atomic E-state index is 0.340. The van der Waals surface area contributed by atoms with Crippen LogP contribution in [0, 0.1) is 0 Å². The summed E-state index contributed by atoms with van der Waals surface area (Å²) < 4.78 is 18.1. The number of rotatable bonds is 40. The van der Waals surface area contributed by atoms with Crippen molar-refractivity contribution in [1.82, 2.24) is 4.90 Å². The van der Waals surface area contributed by atoms with Crippen LogP contribution in [0.4, 0.5) is 0 Å². The van der Waals surface area contributed by atoms with E-state index in [1.165, 1.54) is 161 Å². The number of likely N-dealkylation sites (N-methyl/N-ethyl adjacent to an activating group) is 1. The third-order valence-electron chi connectivity index (χ3n) is 9.37. The standard InChI is InChI=1S/C42H84N2O4/c1-5-7-9-11-13-15-17-19-21-22-24-26-28-30-32-34-37-48-41(42(43)45)40(47-38-35-44(3)4)39-46-36-33-31-29-27-25-23-20-18-16-14-12-10-8-6-2/h19,21,40-41H,5-18,20,22-39H2,1-4H3,(H2,43,45)/b21-19-. The van der Waals surface area contributed by atoms with Crippen LogP contribution in [0.1, 0.15) is 194 Å². The van der Waals surface area contributed by atoms with Gasteiger partial charge < -0.3 is 24.8 Å². The molecule has 0 aliphatic rings. The Labute approximate surface area is 300 Å². The fourth-order valence-corrected chi connectivity index (χ4v) is 6.14. The lowest BCUT2D eigenvalue weighted by Crippen LogP contribution is -2.46. The van der Waals surface area contributed by atoms with Crippen LogP contribution in [-0.4, -0.2) is 70.1 Å². The van der Waals surface area contributed by atoms with Gasteiger partial charge in [0.2, 0.25) is 5.91 Å². The number of nitrogens with zero attached hydrogens (tertiary/aromatic N) is 1. The van der Waals surface area contributed by atoms with Gasteiger partial charge in [0.05, 0.1) is 13.2 Å². The van der Waals surface area contributed by atoms with E-state index in [1.807, 2.05) is 14.1 Å². The molecule has 0 saturated heterocycles. The van der Waals surface area contributed by atoms with E-state index in [0.29, 0.717) is 26.4 Å². The lowest BCUT2D eigenvalue weighted by Gasteiger charge is -2.26. The Hall–Kier alpha value is -0.950. The highest BCUT2D eigenvalue weighted by atomic mass is 16.6. The number of nitrogens with two attached hydrogens (primary N) is 1. The normalized spacial score (nSPS) is 13.2. The summed E-state index contributed by atoms with van der Waals surface area (Å²) in [7, 11) is 4.03. The summed E-state index contributed by atoms with van der Waals surface area (Å²) in [4.78, 5) is 14.4. The predicted molar refractivity (Wildman–Crippen MR) is 208 cm³/mol. The third-order valence-corrected chi connectivity index (χ3v) is 9.37. The minimum Gasteiger partial charge on any atom is -0.379 e. The van der Waals surface area contributed by atoms with Crippen molar-refractivity contribution in [2.24, 2.45) is 5.73 Å². The summed E-state index contributed by atoms with van der Waals surface area (Å²) in [5, 5.41) is 0. The number of hydrogen-bond donors (Lipinski definition) is 1. The van der Waals surface area contributed by atoms with Crippen molar-refractivity contribution in [1.29, 1.82) is 0 Å². The summed E-state index contributed by atoms with van der Waals surface area (Å²) in [6.07, 6.45) is 40.0. The van der Waals surface area contributed by atoms with Gasteiger partial charge >= 0.3 is 0 Å². The average molecular weight is 681 g/mol. The fourth-order valence-electron chi connectivity index (χ4n) is 6.14. The van der Waals surface area contributed by atoms with Crippen molar-refractivity contribution in [3.8, 4) is 0 Å². The number of unbranched alkanes of at least 4 members (excludes halogenated alkanes) is 25. The number of carbonyl (C=O) groups excluding carboxylic acids is 1. The summed E-state index contributed by atoms with van der Waals surface area (Å²) in [5.41, 5.74) is 5.79. The Morgan fingerprint density at radius 2 is 0.938 bits per heavy atom. The van der Waals surface area contributed by atoms with E-state index in [-0.39, 0.29) is 0 Å². The summed E-state index contributed by atoms with van der Waals surface area (Å²) in [6, 6.07) is 0. The zero-order valence-corrected chi connectivity index (χ0v) is 32.8. The molecule has 0 saturated carbocycles. The molecule has 6 nitrogen and oxygen atoms in total. The highest BCUT2D eigenvalue weighted by Crippen LogP contribution is 2.14. The van der Waals surface area contributed by atoms with Crippen molar-refractivity contribution < 1.29 is 19.0 Å². The minimum atomic E-state index is -0.772. The van der Waals surface area contributed by atoms with Gasteiger partial charge in [-0.3, -0.25) is 4.79 Å². The zero-order chi connectivity index (χ0) is 35.2. The first-order valence-corrected chi connectivity index (χ1v) is 20.9. The molecule has 286 valence electrons. The van der Waals surface area contributed by atoms with Gasteiger partial charge in [-0.2, -0.15) is 0 Å². The molecular weight excluding hydrogens is 596 g/mol.